The second kappa shape index (κ2) is 3.83. The van der Waals surface area contributed by atoms with Crippen molar-refractivity contribution in [3.8, 4) is 0 Å². The van der Waals surface area contributed by atoms with Crippen molar-refractivity contribution >= 4 is 17.4 Å². The number of hydrogen-bond donors (Lipinski definition) is 3. The molecule has 0 bridgehead atoms. The van der Waals surface area contributed by atoms with Crippen molar-refractivity contribution in [1.82, 2.24) is 9.97 Å². The van der Waals surface area contributed by atoms with Gasteiger partial charge in [-0.25, -0.2) is 4.98 Å². The van der Waals surface area contributed by atoms with Crippen molar-refractivity contribution in [2.24, 2.45) is 5.41 Å². The van der Waals surface area contributed by atoms with E-state index in [4.69, 9.17) is 16.7 Å². The van der Waals surface area contributed by atoms with Crippen molar-refractivity contribution in [3.05, 3.63) is 21.7 Å². The molecule has 0 radical (unpaired) electrons. The Labute approximate surface area is 91.5 Å². The number of rotatable bonds is 4. The predicted molar refractivity (Wildman–Crippen MR) is 57.1 cm³/mol. The zero-order chi connectivity index (χ0) is 10.9. The molecular formula is C9H12ClN3O2. The van der Waals surface area contributed by atoms with Gasteiger partial charge in [-0.1, -0.05) is 11.6 Å². The lowest BCUT2D eigenvalue weighted by Crippen LogP contribution is -2.21. The van der Waals surface area contributed by atoms with Gasteiger partial charge in [0.2, 0.25) is 0 Å². The molecule has 0 spiro atoms. The molecular weight excluding hydrogens is 218 g/mol. The Kier molecular flexibility index (Phi) is 2.67. The number of anilines is 1. The van der Waals surface area contributed by atoms with Crippen LogP contribution in [0, 0.1) is 5.41 Å². The Morgan fingerprint density at radius 1 is 1.67 bits per heavy atom. The van der Waals surface area contributed by atoms with Crippen LogP contribution in [-0.4, -0.2) is 28.2 Å². The first-order valence-corrected chi connectivity index (χ1v) is 5.13. The second-order valence-corrected chi connectivity index (χ2v) is 4.28. The fourth-order valence-corrected chi connectivity index (χ4v) is 1.52. The maximum absolute atomic E-state index is 11.1. The van der Waals surface area contributed by atoms with Crippen LogP contribution in [0.15, 0.2) is 11.1 Å². The van der Waals surface area contributed by atoms with Crippen molar-refractivity contribution < 1.29 is 5.11 Å². The summed E-state index contributed by atoms with van der Waals surface area (Å²) in [5.41, 5.74) is -0.392. The Balaban J connectivity index is 2.05. The van der Waals surface area contributed by atoms with E-state index >= 15 is 0 Å². The fourth-order valence-electron chi connectivity index (χ4n) is 1.35. The lowest BCUT2D eigenvalue weighted by molar-refractivity contribution is 0.219. The van der Waals surface area contributed by atoms with Gasteiger partial charge in [0, 0.05) is 12.0 Å². The van der Waals surface area contributed by atoms with E-state index in [-0.39, 0.29) is 22.6 Å². The molecule has 6 heteroatoms. The molecule has 2 rings (SSSR count). The van der Waals surface area contributed by atoms with Crippen LogP contribution < -0.4 is 10.9 Å². The second-order valence-electron chi connectivity index (χ2n) is 3.91. The number of nitrogens with zero attached hydrogens (tertiary/aromatic N) is 1. The third-order valence-electron chi connectivity index (χ3n) is 2.72. The lowest BCUT2D eigenvalue weighted by atomic mass is 10.1. The maximum atomic E-state index is 11.1. The fraction of sp³-hybridized carbons (Fsp3) is 0.556. The van der Waals surface area contributed by atoms with Crippen LogP contribution in [0.3, 0.4) is 0 Å². The molecule has 1 aromatic heterocycles. The van der Waals surface area contributed by atoms with Crippen LogP contribution in [0.25, 0.3) is 0 Å². The molecule has 1 aliphatic carbocycles. The minimum absolute atomic E-state index is 0.0341. The molecule has 0 unspecified atom stereocenters. The van der Waals surface area contributed by atoms with Crippen LogP contribution in [0.5, 0.6) is 0 Å². The molecule has 1 fully saturated rings. The molecule has 0 atom stereocenters. The minimum Gasteiger partial charge on any atom is -0.396 e. The van der Waals surface area contributed by atoms with Gasteiger partial charge < -0.3 is 15.4 Å². The van der Waals surface area contributed by atoms with Crippen molar-refractivity contribution in [2.75, 3.05) is 18.5 Å². The first-order chi connectivity index (χ1) is 7.17. The minimum atomic E-state index is -0.358. The molecule has 5 nitrogen and oxygen atoms in total. The largest absolute Gasteiger partial charge is 0.396 e. The lowest BCUT2D eigenvalue weighted by Gasteiger charge is -2.13. The third kappa shape index (κ3) is 2.13. The quantitative estimate of drug-likeness (QED) is 0.707. The number of hydrogen-bond acceptors (Lipinski definition) is 4. The van der Waals surface area contributed by atoms with Crippen LogP contribution in [0.1, 0.15) is 12.8 Å². The summed E-state index contributed by atoms with van der Waals surface area (Å²) in [7, 11) is 0. The molecule has 0 aliphatic heterocycles. The molecule has 0 amide bonds. The number of nitrogens with one attached hydrogen (secondary N) is 2. The number of H-pyrrole nitrogens is 1. The van der Waals surface area contributed by atoms with Crippen LogP contribution in [0.4, 0.5) is 5.82 Å². The zero-order valence-electron chi connectivity index (χ0n) is 8.09. The highest BCUT2D eigenvalue weighted by Crippen LogP contribution is 2.44. The van der Waals surface area contributed by atoms with E-state index in [1.165, 1.54) is 6.33 Å². The highest BCUT2D eigenvalue weighted by atomic mass is 35.5. The van der Waals surface area contributed by atoms with Gasteiger partial charge in [0.25, 0.3) is 5.56 Å². The standard InChI is InChI=1S/C9H12ClN3O2/c10-6-7(12-5-13-8(6)15)11-3-9(4-14)1-2-9/h5,14H,1-4H2,(H2,11,12,13,15). The smallest absolute Gasteiger partial charge is 0.271 e. The van der Waals surface area contributed by atoms with E-state index in [1.54, 1.807) is 0 Å². The molecule has 1 heterocycles. The van der Waals surface area contributed by atoms with Crippen LogP contribution >= 0.6 is 11.6 Å². The Morgan fingerprint density at radius 3 is 3.00 bits per heavy atom. The van der Waals surface area contributed by atoms with E-state index in [0.29, 0.717) is 12.4 Å². The van der Waals surface area contributed by atoms with Gasteiger partial charge in [0.15, 0.2) is 5.82 Å². The summed E-state index contributed by atoms with van der Waals surface area (Å²) in [5.74, 6) is 0.375. The van der Waals surface area contributed by atoms with Gasteiger partial charge in [-0.05, 0) is 12.8 Å². The van der Waals surface area contributed by atoms with Crippen LogP contribution in [0.2, 0.25) is 5.02 Å². The number of aliphatic hydroxyl groups is 1. The van der Waals surface area contributed by atoms with Gasteiger partial charge in [0.05, 0.1) is 12.9 Å². The summed E-state index contributed by atoms with van der Waals surface area (Å²) in [6.45, 7) is 0.750. The van der Waals surface area contributed by atoms with E-state index in [2.05, 4.69) is 15.3 Å². The summed E-state index contributed by atoms with van der Waals surface area (Å²) in [4.78, 5) is 17.4. The third-order valence-corrected chi connectivity index (χ3v) is 3.07. The monoisotopic (exact) mass is 229 g/mol. The average Bonchev–Trinajstić information content (AvgIpc) is 3.01. The normalized spacial score (nSPS) is 17.5. The molecule has 3 N–H and O–H groups in total. The summed E-state index contributed by atoms with van der Waals surface area (Å²) < 4.78 is 0. The van der Waals surface area contributed by atoms with E-state index in [0.717, 1.165) is 12.8 Å². The SMILES string of the molecule is O=c1[nH]cnc(NCC2(CO)CC2)c1Cl. The molecule has 1 aromatic rings. The first kappa shape index (κ1) is 10.4. The summed E-state index contributed by atoms with van der Waals surface area (Å²) in [6, 6.07) is 0. The van der Waals surface area contributed by atoms with Crippen molar-refractivity contribution in [1.29, 1.82) is 0 Å². The van der Waals surface area contributed by atoms with E-state index in [1.807, 2.05) is 0 Å². The van der Waals surface area contributed by atoms with E-state index < -0.39 is 0 Å². The van der Waals surface area contributed by atoms with Gasteiger partial charge in [-0.15, -0.1) is 0 Å². The maximum Gasteiger partial charge on any atom is 0.271 e. The molecule has 15 heavy (non-hydrogen) atoms. The first-order valence-electron chi connectivity index (χ1n) is 4.75. The van der Waals surface area contributed by atoms with E-state index in [9.17, 15) is 4.79 Å². The van der Waals surface area contributed by atoms with Crippen molar-refractivity contribution in [3.63, 3.8) is 0 Å². The summed E-state index contributed by atoms with van der Waals surface area (Å²) in [6.07, 6.45) is 3.30. The Hall–Kier alpha value is -1.07. The number of halogens is 1. The highest BCUT2D eigenvalue weighted by molar-refractivity contribution is 6.32. The van der Waals surface area contributed by atoms with Gasteiger partial charge in [-0.3, -0.25) is 4.79 Å². The predicted octanol–water partition coefficient (Wildman–Crippen LogP) is 0.608. The molecule has 0 aromatic carbocycles. The Morgan fingerprint density at radius 2 is 2.40 bits per heavy atom. The van der Waals surface area contributed by atoms with Gasteiger partial charge in [0.1, 0.15) is 5.02 Å². The van der Waals surface area contributed by atoms with Crippen molar-refractivity contribution in [2.45, 2.75) is 12.8 Å². The summed E-state index contributed by atoms with van der Waals surface area (Å²) in [5, 5.41) is 12.1. The number of aliphatic hydroxyl groups excluding tert-OH is 1. The average molecular weight is 230 g/mol. The van der Waals surface area contributed by atoms with Gasteiger partial charge >= 0.3 is 0 Å². The molecule has 82 valence electrons. The molecule has 1 saturated carbocycles. The topological polar surface area (TPSA) is 78.0 Å². The van der Waals surface area contributed by atoms with Crippen LogP contribution in [-0.2, 0) is 0 Å². The van der Waals surface area contributed by atoms with Gasteiger partial charge in [-0.2, -0.15) is 0 Å². The number of aromatic nitrogens is 2. The molecule has 1 aliphatic rings. The zero-order valence-corrected chi connectivity index (χ0v) is 8.84. The Bertz CT molecular complexity index is 414. The highest BCUT2D eigenvalue weighted by Gasteiger charge is 2.41. The number of aromatic amines is 1. The molecule has 0 saturated heterocycles. The summed E-state index contributed by atoms with van der Waals surface area (Å²) >= 11 is 5.75.